The number of pyridine rings is 1. The van der Waals surface area contributed by atoms with E-state index < -0.39 is 0 Å². The number of para-hydroxylation sites is 1. The Kier molecular flexibility index (Phi) is 6.62. The van der Waals surface area contributed by atoms with Crippen LogP contribution in [0.25, 0.3) is 10.9 Å². The summed E-state index contributed by atoms with van der Waals surface area (Å²) in [5.74, 6) is 0.0454. The van der Waals surface area contributed by atoms with E-state index in [1.54, 1.807) is 0 Å². The van der Waals surface area contributed by atoms with E-state index in [2.05, 4.69) is 30.5 Å². The summed E-state index contributed by atoms with van der Waals surface area (Å²) in [6.07, 6.45) is 9.11. The van der Waals surface area contributed by atoms with Crippen molar-refractivity contribution in [1.82, 2.24) is 10.3 Å². The molecule has 26 heavy (non-hydrogen) atoms. The van der Waals surface area contributed by atoms with Crippen LogP contribution in [0.4, 0.5) is 5.69 Å². The van der Waals surface area contributed by atoms with E-state index in [0.717, 1.165) is 41.5 Å². The van der Waals surface area contributed by atoms with Gasteiger partial charge in [-0.25, -0.2) is 0 Å². The fraction of sp³-hybridized carbons (Fsp3) is 0.545. The van der Waals surface area contributed by atoms with Gasteiger partial charge in [-0.2, -0.15) is 0 Å². The normalized spacial score (nSPS) is 15.3. The van der Waals surface area contributed by atoms with Crippen LogP contribution in [0.5, 0.6) is 0 Å². The van der Waals surface area contributed by atoms with Crippen molar-refractivity contribution in [1.29, 1.82) is 0 Å². The molecule has 0 atom stereocenters. The molecule has 1 aromatic heterocycles. The van der Waals surface area contributed by atoms with Crippen molar-refractivity contribution in [3.63, 3.8) is 0 Å². The first kappa shape index (κ1) is 18.8. The average molecular weight is 354 g/mol. The second-order valence-corrected chi connectivity index (χ2v) is 7.30. The number of fused-ring (bicyclic) bond motifs is 1. The first-order valence-electron chi connectivity index (χ1n) is 10.2. The largest absolute Gasteiger partial charge is 0.324 e. The van der Waals surface area contributed by atoms with E-state index in [0.29, 0.717) is 12.6 Å². The van der Waals surface area contributed by atoms with Crippen molar-refractivity contribution >= 4 is 22.5 Å². The van der Waals surface area contributed by atoms with E-state index in [1.807, 2.05) is 18.2 Å². The highest BCUT2D eigenvalue weighted by Gasteiger charge is 2.17. The molecule has 0 radical (unpaired) electrons. The number of aryl methyl sites for hydroxylation is 1. The molecule has 1 saturated carbocycles. The molecule has 1 aliphatic carbocycles. The van der Waals surface area contributed by atoms with Crippen molar-refractivity contribution < 1.29 is 4.79 Å². The van der Waals surface area contributed by atoms with Gasteiger partial charge in [0.2, 0.25) is 5.91 Å². The number of carbonyl (C=O) groups excluding carboxylic acids is 1. The van der Waals surface area contributed by atoms with E-state index >= 15 is 0 Å². The van der Waals surface area contributed by atoms with Gasteiger partial charge in [0.15, 0.2) is 0 Å². The molecule has 1 fully saturated rings. The molecule has 0 spiro atoms. The highest BCUT2D eigenvalue weighted by atomic mass is 16.1. The monoisotopic (exact) mass is 353 g/mol. The van der Waals surface area contributed by atoms with Crippen LogP contribution in [0, 0.1) is 0 Å². The third-order valence-corrected chi connectivity index (χ3v) is 5.34. The first-order valence-corrected chi connectivity index (χ1v) is 10.2. The number of amides is 1. The van der Waals surface area contributed by atoms with Crippen LogP contribution in [0.3, 0.4) is 0 Å². The van der Waals surface area contributed by atoms with Crippen molar-refractivity contribution in [3.05, 3.63) is 35.5 Å². The molecule has 0 unspecified atom stereocenters. The zero-order chi connectivity index (χ0) is 18.4. The molecule has 1 amide bonds. The van der Waals surface area contributed by atoms with Gasteiger partial charge < -0.3 is 10.6 Å². The number of anilines is 1. The Morgan fingerprint density at radius 3 is 2.65 bits per heavy atom. The lowest BCUT2D eigenvalue weighted by Gasteiger charge is -2.23. The summed E-state index contributed by atoms with van der Waals surface area (Å²) >= 11 is 0. The number of aromatic nitrogens is 1. The van der Waals surface area contributed by atoms with Gasteiger partial charge in [-0.3, -0.25) is 9.78 Å². The Bertz CT molecular complexity index is 750. The summed E-state index contributed by atoms with van der Waals surface area (Å²) in [4.78, 5) is 17.5. The van der Waals surface area contributed by atoms with Gasteiger partial charge in [0.1, 0.15) is 0 Å². The van der Waals surface area contributed by atoms with Crippen molar-refractivity contribution in [3.8, 4) is 0 Å². The highest BCUT2D eigenvalue weighted by molar-refractivity contribution is 6.03. The zero-order valence-corrected chi connectivity index (χ0v) is 16.1. The van der Waals surface area contributed by atoms with Gasteiger partial charge in [0.05, 0.1) is 17.7 Å². The van der Waals surface area contributed by atoms with Gasteiger partial charge in [-0.05, 0) is 37.3 Å². The third-order valence-electron chi connectivity index (χ3n) is 5.34. The Labute approximate surface area is 156 Å². The van der Waals surface area contributed by atoms with Crippen molar-refractivity contribution in [2.45, 2.75) is 71.3 Å². The summed E-state index contributed by atoms with van der Waals surface area (Å²) in [7, 11) is 0. The standard InChI is InChI=1S/C22H31N3O/c1-3-10-19-17(4-2)22(18-13-8-9-14-20(18)24-19)25-21(26)15-23-16-11-6-5-7-12-16/h8-9,13-14,16,23H,3-7,10-12,15H2,1-2H3,(H,24,25,26). The molecule has 140 valence electrons. The van der Waals surface area contributed by atoms with Crippen LogP contribution in [0.1, 0.15) is 63.6 Å². The summed E-state index contributed by atoms with van der Waals surface area (Å²) in [6, 6.07) is 8.60. The molecule has 0 saturated heterocycles. The molecule has 4 nitrogen and oxygen atoms in total. The number of hydrogen-bond donors (Lipinski definition) is 2. The molecular weight excluding hydrogens is 322 g/mol. The van der Waals surface area contributed by atoms with Crippen LogP contribution in [-0.2, 0) is 17.6 Å². The summed E-state index contributed by atoms with van der Waals surface area (Å²) in [6.45, 7) is 4.69. The average Bonchev–Trinajstić information content (AvgIpc) is 2.67. The predicted molar refractivity (Wildman–Crippen MR) is 109 cm³/mol. The maximum atomic E-state index is 12.6. The van der Waals surface area contributed by atoms with Gasteiger partial charge in [0.25, 0.3) is 0 Å². The summed E-state index contributed by atoms with van der Waals surface area (Å²) in [5, 5.41) is 7.68. The number of carbonyl (C=O) groups is 1. The van der Waals surface area contributed by atoms with Gasteiger partial charge in [-0.15, -0.1) is 0 Å². The van der Waals surface area contributed by atoms with Crippen LogP contribution in [-0.4, -0.2) is 23.5 Å². The Balaban J connectivity index is 1.81. The molecule has 1 aromatic carbocycles. The molecule has 0 bridgehead atoms. The number of benzene rings is 1. The Hall–Kier alpha value is -1.94. The first-order chi connectivity index (χ1) is 12.7. The maximum Gasteiger partial charge on any atom is 0.238 e. The van der Waals surface area contributed by atoms with E-state index in [4.69, 9.17) is 4.98 Å². The summed E-state index contributed by atoms with van der Waals surface area (Å²) < 4.78 is 0. The molecule has 2 aromatic rings. The van der Waals surface area contributed by atoms with E-state index in [1.165, 1.54) is 37.7 Å². The zero-order valence-electron chi connectivity index (χ0n) is 16.1. The Morgan fingerprint density at radius 2 is 1.92 bits per heavy atom. The van der Waals surface area contributed by atoms with Crippen molar-refractivity contribution in [2.75, 3.05) is 11.9 Å². The van der Waals surface area contributed by atoms with Crippen molar-refractivity contribution in [2.24, 2.45) is 0 Å². The predicted octanol–water partition coefficient (Wildman–Crippen LogP) is 4.61. The fourth-order valence-corrected chi connectivity index (χ4v) is 4.00. The quantitative estimate of drug-likeness (QED) is 0.764. The SMILES string of the molecule is CCCc1nc2ccccc2c(NC(=O)CNC2CCCCC2)c1CC. The number of nitrogens with one attached hydrogen (secondary N) is 2. The second-order valence-electron chi connectivity index (χ2n) is 7.30. The molecule has 2 N–H and O–H groups in total. The molecule has 4 heteroatoms. The fourth-order valence-electron chi connectivity index (χ4n) is 4.00. The smallest absolute Gasteiger partial charge is 0.238 e. The highest BCUT2D eigenvalue weighted by Crippen LogP contribution is 2.30. The molecular formula is C22H31N3O. The van der Waals surface area contributed by atoms with Crippen LogP contribution in [0.15, 0.2) is 24.3 Å². The lowest BCUT2D eigenvalue weighted by Crippen LogP contribution is -2.37. The lowest BCUT2D eigenvalue weighted by atomic mass is 9.95. The minimum Gasteiger partial charge on any atom is -0.324 e. The van der Waals surface area contributed by atoms with Gasteiger partial charge >= 0.3 is 0 Å². The Morgan fingerprint density at radius 1 is 1.15 bits per heavy atom. The maximum absolute atomic E-state index is 12.6. The second kappa shape index (κ2) is 9.13. The van der Waals surface area contributed by atoms with Gasteiger partial charge in [0, 0.05) is 17.1 Å². The van der Waals surface area contributed by atoms with E-state index in [-0.39, 0.29) is 5.91 Å². The molecule has 1 aliphatic rings. The molecule has 3 rings (SSSR count). The minimum atomic E-state index is 0.0454. The molecule has 0 aliphatic heterocycles. The third kappa shape index (κ3) is 4.42. The van der Waals surface area contributed by atoms with Gasteiger partial charge in [-0.1, -0.05) is 57.7 Å². The topological polar surface area (TPSA) is 54.0 Å². The lowest BCUT2D eigenvalue weighted by molar-refractivity contribution is -0.115. The number of hydrogen-bond acceptors (Lipinski definition) is 3. The van der Waals surface area contributed by atoms with E-state index in [9.17, 15) is 4.79 Å². The molecule has 1 heterocycles. The summed E-state index contributed by atoms with van der Waals surface area (Å²) in [5.41, 5.74) is 4.21. The number of rotatable bonds is 7. The minimum absolute atomic E-state index is 0.0454. The van der Waals surface area contributed by atoms with Crippen LogP contribution >= 0.6 is 0 Å². The van der Waals surface area contributed by atoms with Crippen LogP contribution < -0.4 is 10.6 Å². The number of nitrogens with zero attached hydrogens (tertiary/aromatic N) is 1. The van der Waals surface area contributed by atoms with Crippen LogP contribution in [0.2, 0.25) is 0 Å².